The zero-order chi connectivity index (χ0) is 12.7. The number of ether oxygens (including phenoxy) is 2. The Hall–Kier alpha value is -0.900. The van der Waals surface area contributed by atoms with Crippen LogP contribution in [-0.2, 0) is 9.47 Å². The van der Waals surface area contributed by atoms with Crippen LogP contribution in [0.4, 0.5) is 0 Å². The van der Waals surface area contributed by atoms with E-state index in [4.69, 9.17) is 9.47 Å². The van der Waals surface area contributed by atoms with Crippen molar-refractivity contribution in [1.29, 1.82) is 0 Å². The van der Waals surface area contributed by atoms with Gasteiger partial charge in [0, 0.05) is 0 Å². The van der Waals surface area contributed by atoms with Crippen molar-refractivity contribution in [2.75, 3.05) is 19.8 Å². The lowest BCUT2D eigenvalue weighted by Gasteiger charge is -2.14. The van der Waals surface area contributed by atoms with Crippen molar-refractivity contribution in [3.63, 3.8) is 0 Å². The maximum Gasteiger partial charge on any atom is 0.103 e. The molecule has 0 aliphatic rings. The summed E-state index contributed by atoms with van der Waals surface area (Å²) in [6.07, 6.45) is -0.338. The van der Waals surface area contributed by atoms with Crippen LogP contribution in [0.2, 0.25) is 0 Å². The van der Waals surface area contributed by atoms with Crippen molar-refractivity contribution in [2.45, 2.75) is 33.0 Å². The fraction of sp³-hybridized carbons (Fsp3) is 0.571. The minimum absolute atomic E-state index is 0.222. The number of rotatable bonds is 7. The molecule has 1 N–H and O–H groups in total. The summed E-state index contributed by atoms with van der Waals surface area (Å²) < 4.78 is 10.7. The molecule has 0 bridgehead atoms. The molecule has 96 valence electrons. The number of hydrogen-bond donors (Lipinski definition) is 1. The van der Waals surface area contributed by atoms with Crippen molar-refractivity contribution >= 4 is 0 Å². The van der Waals surface area contributed by atoms with Crippen molar-refractivity contribution < 1.29 is 14.6 Å². The lowest BCUT2D eigenvalue weighted by molar-refractivity contribution is -0.0112. The Labute approximate surface area is 103 Å². The molecule has 3 nitrogen and oxygen atoms in total. The molecule has 1 rings (SSSR count). The zero-order valence-electron chi connectivity index (χ0n) is 10.8. The van der Waals surface area contributed by atoms with Crippen LogP contribution in [0.1, 0.15) is 31.1 Å². The van der Waals surface area contributed by atoms with Crippen LogP contribution >= 0.6 is 0 Å². The molecule has 1 unspecified atom stereocenters. The summed E-state index contributed by atoms with van der Waals surface area (Å²) in [7, 11) is 0. The average Bonchev–Trinajstić information content (AvgIpc) is 2.28. The fourth-order valence-corrected chi connectivity index (χ4v) is 1.59. The number of benzene rings is 1. The van der Waals surface area contributed by atoms with Gasteiger partial charge in [0.25, 0.3) is 0 Å². The standard InChI is InChI=1S/C14H22O3/c1-11(2)17-9-8-16-10-14(15)13-7-5-4-6-12(13)3/h4-7,11,14-15H,8-10H2,1-3H3. The normalized spacial score (nSPS) is 13.0. The molecular formula is C14H22O3. The molecule has 0 aliphatic carbocycles. The first-order chi connectivity index (χ1) is 8.11. The van der Waals surface area contributed by atoms with E-state index < -0.39 is 6.10 Å². The minimum atomic E-state index is -0.560. The van der Waals surface area contributed by atoms with E-state index in [2.05, 4.69) is 0 Å². The smallest absolute Gasteiger partial charge is 0.103 e. The summed E-state index contributed by atoms with van der Waals surface area (Å²) in [5.41, 5.74) is 2.01. The Balaban J connectivity index is 2.26. The van der Waals surface area contributed by atoms with Gasteiger partial charge in [-0.2, -0.15) is 0 Å². The second kappa shape index (κ2) is 7.43. The second-order valence-electron chi connectivity index (χ2n) is 4.37. The largest absolute Gasteiger partial charge is 0.386 e. The van der Waals surface area contributed by atoms with Gasteiger partial charge in [0.2, 0.25) is 0 Å². The summed E-state index contributed by atoms with van der Waals surface area (Å²) in [5.74, 6) is 0. The van der Waals surface area contributed by atoms with Crippen molar-refractivity contribution in [3.05, 3.63) is 35.4 Å². The van der Waals surface area contributed by atoms with Gasteiger partial charge in [-0.3, -0.25) is 0 Å². The molecule has 0 fully saturated rings. The number of aryl methyl sites for hydroxylation is 1. The molecule has 1 atom stereocenters. The van der Waals surface area contributed by atoms with Gasteiger partial charge in [-0.25, -0.2) is 0 Å². The fourth-order valence-electron chi connectivity index (χ4n) is 1.59. The lowest BCUT2D eigenvalue weighted by atomic mass is 10.0. The first-order valence-corrected chi connectivity index (χ1v) is 6.04. The maximum atomic E-state index is 9.94. The average molecular weight is 238 g/mol. The molecule has 0 spiro atoms. The summed E-state index contributed by atoms with van der Waals surface area (Å²) >= 11 is 0. The topological polar surface area (TPSA) is 38.7 Å². The SMILES string of the molecule is Cc1ccccc1C(O)COCCOC(C)C. The Morgan fingerprint density at radius 2 is 1.88 bits per heavy atom. The Kier molecular flexibility index (Phi) is 6.19. The summed E-state index contributed by atoms with van der Waals surface area (Å²) in [5, 5.41) is 9.94. The van der Waals surface area contributed by atoms with Gasteiger partial charge in [0.05, 0.1) is 25.9 Å². The van der Waals surface area contributed by atoms with E-state index in [0.29, 0.717) is 19.8 Å². The molecule has 0 aromatic heterocycles. The van der Waals surface area contributed by atoms with E-state index >= 15 is 0 Å². The highest BCUT2D eigenvalue weighted by molar-refractivity contribution is 5.27. The molecule has 0 saturated carbocycles. The molecular weight excluding hydrogens is 216 g/mol. The zero-order valence-corrected chi connectivity index (χ0v) is 10.8. The van der Waals surface area contributed by atoms with E-state index in [1.165, 1.54) is 0 Å². The van der Waals surface area contributed by atoms with Gasteiger partial charge < -0.3 is 14.6 Å². The molecule has 0 aliphatic heterocycles. The lowest BCUT2D eigenvalue weighted by Crippen LogP contribution is -2.14. The van der Waals surface area contributed by atoms with Crippen LogP contribution < -0.4 is 0 Å². The molecule has 0 saturated heterocycles. The van der Waals surface area contributed by atoms with Crippen LogP contribution in [0, 0.1) is 6.92 Å². The van der Waals surface area contributed by atoms with Gasteiger partial charge in [-0.15, -0.1) is 0 Å². The first-order valence-electron chi connectivity index (χ1n) is 6.04. The molecule has 0 radical (unpaired) electrons. The predicted molar refractivity (Wildman–Crippen MR) is 68.0 cm³/mol. The molecule has 17 heavy (non-hydrogen) atoms. The monoisotopic (exact) mass is 238 g/mol. The van der Waals surface area contributed by atoms with Crippen LogP contribution in [0.15, 0.2) is 24.3 Å². The molecule has 1 aromatic rings. The van der Waals surface area contributed by atoms with Gasteiger partial charge in [-0.05, 0) is 31.9 Å². The quantitative estimate of drug-likeness (QED) is 0.742. The predicted octanol–water partition coefficient (Wildman–Crippen LogP) is 2.47. The molecule has 0 amide bonds. The Morgan fingerprint density at radius 1 is 1.18 bits per heavy atom. The van der Waals surface area contributed by atoms with Crippen LogP contribution in [-0.4, -0.2) is 31.0 Å². The molecule has 3 heteroatoms. The minimum Gasteiger partial charge on any atom is -0.386 e. The highest BCUT2D eigenvalue weighted by atomic mass is 16.5. The van der Waals surface area contributed by atoms with Gasteiger partial charge in [0.15, 0.2) is 0 Å². The van der Waals surface area contributed by atoms with Crippen LogP contribution in [0.5, 0.6) is 0 Å². The van der Waals surface area contributed by atoms with Crippen LogP contribution in [0.25, 0.3) is 0 Å². The van der Waals surface area contributed by atoms with E-state index in [0.717, 1.165) is 11.1 Å². The van der Waals surface area contributed by atoms with Gasteiger partial charge >= 0.3 is 0 Å². The number of hydrogen-bond acceptors (Lipinski definition) is 3. The highest BCUT2D eigenvalue weighted by Gasteiger charge is 2.09. The van der Waals surface area contributed by atoms with Crippen molar-refractivity contribution in [3.8, 4) is 0 Å². The second-order valence-corrected chi connectivity index (χ2v) is 4.37. The van der Waals surface area contributed by atoms with Crippen molar-refractivity contribution in [2.24, 2.45) is 0 Å². The van der Waals surface area contributed by atoms with Crippen LogP contribution in [0.3, 0.4) is 0 Å². The summed E-state index contributed by atoms with van der Waals surface area (Å²) in [4.78, 5) is 0. The molecule has 1 aromatic carbocycles. The summed E-state index contributed by atoms with van der Waals surface area (Å²) in [6, 6.07) is 7.80. The summed E-state index contributed by atoms with van der Waals surface area (Å²) in [6.45, 7) is 7.36. The Bertz CT molecular complexity index is 323. The van der Waals surface area contributed by atoms with Gasteiger partial charge in [0.1, 0.15) is 6.10 Å². The molecule has 0 heterocycles. The number of aliphatic hydroxyl groups is 1. The van der Waals surface area contributed by atoms with Crippen molar-refractivity contribution in [1.82, 2.24) is 0 Å². The van der Waals surface area contributed by atoms with Gasteiger partial charge in [-0.1, -0.05) is 24.3 Å². The highest BCUT2D eigenvalue weighted by Crippen LogP contribution is 2.17. The van der Waals surface area contributed by atoms with E-state index in [1.54, 1.807) is 0 Å². The van der Waals surface area contributed by atoms with E-state index in [-0.39, 0.29) is 6.10 Å². The third-order valence-corrected chi connectivity index (χ3v) is 2.50. The van der Waals surface area contributed by atoms with E-state index in [9.17, 15) is 5.11 Å². The van der Waals surface area contributed by atoms with E-state index in [1.807, 2.05) is 45.0 Å². The maximum absolute atomic E-state index is 9.94. The first kappa shape index (κ1) is 14.2. The Morgan fingerprint density at radius 3 is 2.53 bits per heavy atom. The number of aliphatic hydroxyl groups excluding tert-OH is 1. The third kappa shape index (κ3) is 5.31. The third-order valence-electron chi connectivity index (χ3n) is 2.50.